The maximum Gasteiger partial charge on any atom is 0.171 e. The molecule has 0 unspecified atom stereocenters. The Balaban J connectivity index is 1.77. The SMILES string of the molecule is O=S(=O)(Cc1nnnn1-c1ccccc1)C[C@@H]1CCCO1. The van der Waals surface area contributed by atoms with Crippen molar-refractivity contribution in [2.75, 3.05) is 12.4 Å². The van der Waals surface area contributed by atoms with Crippen molar-refractivity contribution in [2.45, 2.75) is 24.7 Å². The van der Waals surface area contributed by atoms with Gasteiger partial charge in [0.1, 0.15) is 5.75 Å². The van der Waals surface area contributed by atoms with Gasteiger partial charge in [-0.2, -0.15) is 4.68 Å². The number of hydrogen-bond acceptors (Lipinski definition) is 6. The molecule has 1 aliphatic rings. The van der Waals surface area contributed by atoms with Gasteiger partial charge in [-0.25, -0.2) is 8.42 Å². The van der Waals surface area contributed by atoms with Gasteiger partial charge >= 0.3 is 0 Å². The van der Waals surface area contributed by atoms with Crippen LogP contribution >= 0.6 is 0 Å². The summed E-state index contributed by atoms with van der Waals surface area (Å²) in [6, 6.07) is 9.23. The van der Waals surface area contributed by atoms with Crippen LogP contribution in [0.2, 0.25) is 0 Å². The molecule has 1 aromatic carbocycles. The summed E-state index contributed by atoms with van der Waals surface area (Å²) < 4.78 is 31.3. The molecule has 1 aliphatic heterocycles. The second-order valence-electron chi connectivity index (χ2n) is 5.03. The Bertz CT molecular complexity index is 693. The first-order valence-electron chi connectivity index (χ1n) is 6.79. The number of nitrogens with zero attached hydrogens (tertiary/aromatic N) is 4. The van der Waals surface area contributed by atoms with E-state index in [1.807, 2.05) is 30.3 Å². The molecule has 0 spiro atoms. The predicted molar refractivity (Wildman–Crippen MR) is 75.6 cm³/mol. The van der Waals surface area contributed by atoms with E-state index in [9.17, 15) is 8.42 Å². The summed E-state index contributed by atoms with van der Waals surface area (Å²) in [5.74, 6) is 0.155. The maximum absolute atomic E-state index is 12.2. The Hall–Kier alpha value is -1.80. The molecule has 1 aromatic heterocycles. The van der Waals surface area contributed by atoms with E-state index in [1.54, 1.807) is 0 Å². The molecule has 0 bridgehead atoms. The zero-order valence-electron chi connectivity index (χ0n) is 11.4. The van der Waals surface area contributed by atoms with Crippen molar-refractivity contribution in [3.63, 3.8) is 0 Å². The van der Waals surface area contributed by atoms with Crippen LogP contribution in [0.15, 0.2) is 30.3 Å². The van der Waals surface area contributed by atoms with Crippen LogP contribution in [-0.2, 0) is 20.3 Å². The second-order valence-corrected chi connectivity index (χ2v) is 7.14. The van der Waals surface area contributed by atoms with E-state index < -0.39 is 9.84 Å². The fourth-order valence-corrected chi connectivity index (χ4v) is 3.90. The van der Waals surface area contributed by atoms with Crippen molar-refractivity contribution in [1.29, 1.82) is 0 Å². The lowest BCUT2D eigenvalue weighted by Crippen LogP contribution is -2.22. The average Bonchev–Trinajstić information content (AvgIpc) is 3.10. The molecule has 2 aromatic rings. The molecule has 21 heavy (non-hydrogen) atoms. The third kappa shape index (κ3) is 3.45. The number of ether oxygens (including phenoxy) is 1. The van der Waals surface area contributed by atoms with E-state index in [1.165, 1.54) is 4.68 Å². The first kappa shape index (κ1) is 14.2. The van der Waals surface area contributed by atoms with Gasteiger partial charge in [0, 0.05) is 6.61 Å². The summed E-state index contributed by atoms with van der Waals surface area (Å²) >= 11 is 0. The molecule has 8 heteroatoms. The zero-order valence-corrected chi connectivity index (χ0v) is 12.2. The van der Waals surface area contributed by atoms with Gasteiger partial charge in [0.2, 0.25) is 0 Å². The molecule has 3 rings (SSSR count). The molecule has 0 aliphatic carbocycles. The van der Waals surface area contributed by atoms with E-state index in [0.29, 0.717) is 12.4 Å². The molecule has 112 valence electrons. The topological polar surface area (TPSA) is 87.0 Å². The molecule has 0 amide bonds. The van der Waals surface area contributed by atoms with Gasteiger partial charge < -0.3 is 4.74 Å². The molecular formula is C13H16N4O3S. The third-order valence-corrected chi connectivity index (χ3v) is 4.93. The molecule has 1 saturated heterocycles. The number of sulfone groups is 1. The monoisotopic (exact) mass is 308 g/mol. The summed E-state index contributed by atoms with van der Waals surface area (Å²) in [4.78, 5) is 0. The first-order valence-corrected chi connectivity index (χ1v) is 8.61. The largest absolute Gasteiger partial charge is 0.377 e. The number of benzene rings is 1. The summed E-state index contributed by atoms with van der Waals surface area (Å²) in [7, 11) is -3.31. The van der Waals surface area contributed by atoms with E-state index in [0.717, 1.165) is 18.5 Å². The average molecular weight is 308 g/mol. The minimum atomic E-state index is -3.31. The molecule has 1 atom stereocenters. The third-order valence-electron chi connectivity index (χ3n) is 3.35. The van der Waals surface area contributed by atoms with Crippen LogP contribution in [-0.4, -0.2) is 47.1 Å². The Morgan fingerprint density at radius 2 is 2.10 bits per heavy atom. The van der Waals surface area contributed by atoms with Crippen LogP contribution in [0.5, 0.6) is 0 Å². The van der Waals surface area contributed by atoms with Crippen molar-refractivity contribution in [1.82, 2.24) is 20.2 Å². The number of rotatable bonds is 5. The van der Waals surface area contributed by atoms with E-state index in [2.05, 4.69) is 15.5 Å². The van der Waals surface area contributed by atoms with Crippen molar-refractivity contribution in [3.05, 3.63) is 36.2 Å². The number of tetrazole rings is 1. The van der Waals surface area contributed by atoms with Crippen molar-refractivity contribution < 1.29 is 13.2 Å². The van der Waals surface area contributed by atoms with Gasteiger partial charge in [-0.3, -0.25) is 0 Å². The highest BCUT2D eigenvalue weighted by atomic mass is 32.2. The highest BCUT2D eigenvalue weighted by molar-refractivity contribution is 7.90. The van der Waals surface area contributed by atoms with Gasteiger partial charge in [-0.15, -0.1) is 5.10 Å². The highest BCUT2D eigenvalue weighted by Crippen LogP contribution is 2.16. The first-order chi connectivity index (χ1) is 10.1. The fraction of sp³-hybridized carbons (Fsp3) is 0.462. The summed E-state index contributed by atoms with van der Waals surface area (Å²) in [5, 5.41) is 11.3. The molecule has 0 saturated carbocycles. The lowest BCUT2D eigenvalue weighted by Gasteiger charge is -2.10. The van der Waals surface area contributed by atoms with Crippen LogP contribution in [0.3, 0.4) is 0 Å². The lowest BCUT2D eigenvalue weighted by atomic mass is 10.3. The maximum atomic E-state index is 12.2. The van der Waals surface area contributed by atoms with Crippen LogP contribution in [0, 0.1) is 0 Å². The van der Waals surface area contributed by atoms with Crippen LogP contribution in [0.25, 0.3) is 5.69 Å². The van der Waals surface area contributed by atoms with E-state index in [4.69, 9.17) is 4.74 Å². The Labute approximate surface area is 122 Å². The molecule has 2 heterocycles. The number of hydrogen-bond donors (Lipinski definition) is 0. The molecule has 1 fully saturated rings. The fourth-order valence-electron chi connectivity index (χ4n) is 2.38. The Morgan fingerprint density at radius 3 is 2.81 bits per heavy atom. The summed E-state index contributed by atoms with van der Waals surface area (Å²) in [5.41, 5.74) is 0.741. The van der Waals surface area contributed by atoms with Crippen molar-refractivity contribution in [3.8, 4) is 5.69 Å². The van der Waals surface area contributed by atoms with Gasteiger partial charge in [-0.05, 0) is 35.4 Å². The van der Waals surface area contributed by atoms with Crippen molar-refractivity contribution in [2.24, 2.45) is 0 Å². The molecular weight excluding hydrogens is 292 g/mol. The minimum Gasteiger partial charge on any atom is -0.377 e. The smallest absolute Gasteiger partial charge is 0.171 e. The number of aromatic nitrogens is 4. The van der Waals surface area contributed by atoms with E-state index >= 15 is 0 Å². The van der Waals surface area contributed by atoms with Gasteiger partial charge in [0.25, 0.3) is 0 Å². The minimum absolute atomic E-state index is 0.0225. The van der Waals surface area contributed by atoms with Crippen LogP contribution in [0.4, 0.5) is 0 Å². The molecule has 7 nitrogen and oxygen atoms in total. The normalized spacial score (nSPS) is 19.0. The van der Waals surface area contributed by atoms with Gasteiger partial charge in [0.15, 0.2) is 15.7 Å². The Morgan fingerprint density at radius 1 is 1.29 bits per heavy atom. The standard InChI is InChI=1S/C13H16N4O3S/c18-21(19,9-12-7-4-8-20-12)10-13-14-15-16-17(13)11-5-2-1-3-6-11/h1-3,5-6,12H,4,7-10H2/t12-/m0/s1. The lowest BCUT2D eigenvalue weighted by molar-refractivity contribution is 0.127. The summed E-state index contributed by atoms with van der Waals surface area (Å²) in [6.45, 7) is 0.641. The highest BCUT2D eigenvalue weighted by Gasteiger charge is 2.25. The zero-order chi connectivity index (χ0) is 14.7. The molecule has 0 N–H and O–H groups in total. The Kier molecular flexibility index (Phi) is 3.98. The second kappa shape index (κ2) is 5.90. The van der Waals surface area contributed by atoms with Gasteiger partial charge in [0.05, 0.1) is 17.5 Å². The number of para-hydroxylation sites is 1. The van der Waals surface area contributed by atoms with Gasteiger partial charge in [-0.1, -0.05) is 18.2 Å². The van der Waals surface area contributed by atoms with E-state index in [-0.39, 0.29) is 17.6 Å². The quantitative estimate of drug-likeness (QED) is 0.810. The van der Waals surface area contributed by atoms with Crippen molar-refractivity contribution >= 4 is 9.84 Å². The van der Waals surface area contributed by atoms with Crippen LogP contribution < -0.4 is 0 Å². The predicted octanol–water partition coefficient (Wildman–Crippen LogP) is 0.756. The van der Waals surface area contributed by atoms with Crippen LogP contribution in [0.1, 0.15) is 18.7 Å². The molecule has 0 radical (unpaired) electrons. The summed E-state index contributed by atoms with van der Waals surface area (Å²) in [6.07, 6.45) is 1.51.